The van der Waals surface area contributed by atoms with E-state index >= 15 is 0 Å². The number of nitrogens with two attached hydrogens (primary N) is 2. The number of phosphoric ester groups is 1. The first-order valence-electron chi connectivity index (χ1n) is 14.5. The average Bonchev–Trinajstić information content (AvgIpc) is 3.69. The zero-order chi connectivity index (χ0) is 36.7. The molecule has 50 heavy (non-hydrogen) atoms. The summed E-state index contributed by atoms with van der Waals surface area (Å²) in [7, 11) is 0.190. The van der Waals surface area contributed by atoms with Crippen LogP contribution in [0.15, 0.2) is 22.2 Å². The van der Waals surface area contributed by atoms with Gasteiger partial charge < -0.3 is 55.3 Å². The minimum absolute atomic E-state index is 0.0955. The van der Waals surface area contributed by atoms with Crippen molar-refractivity contribution in [3.05, 3.63) is 33.5 Å². The summed E-state index contributed by atoms with van der Waals surface area (Å²) in [6, 6.07) is 0. The third-order valence-electron chi connectivity index (χ3n) is 7.38. The van der Waals surface area contributed by atoms with Crippen molar-refractivity contribution in [1.29, 1.82) is 0 Å². The summed E-state index contributed by atoms with van der Waals surface area (Å²) in [5.74, 6) is -0.649. The number of aromatic nitrogens is 7. The fourth-order valence-corrected chi connectivity index (χ4v) is 5.95. The monoisotopic (exact) mass is 731 g/mol. The number of anilines is 2. The zero-order valence-corrected chi connectivity index (χ0v) is 27.6. The van der Waals surface area contributed by atoms with Crippen molar-refractivity contribution >= 4 is 43.1 Å². The van der Waals surface area contributed by atoms with E-state index in [9.17, 15) is 38.8 Å². The van der Waals surface area contributed by atoms with Crippen molar-refractivity contribution < 1.29 is 57.3 Å². The molecule has 2 saturated heterocycles. The SMILES string of the molecule is CN(C)C(=O)O[C@@H]1[C@H](OP(=O)(O)OC[C@H]2O[C@@H](n3cnc4c(=O)[nH]c(N)nc43)[C@H](OC(=O)N(C)C)[C@@H]2O)[C@@H](CO)O[C@H]1n1cnc(N)nc1=O. The molecule has 1 unspecified atom stereocenters. The molecule has 0 aromatic carbocycles. The van der Waals surface area contributed by atoms with Crippen LogP contribution in [0.3, 0.4) is 0 Å². The van der Waals surface area contributed by atoms with E-state index in [2.05, 4.69) is 24.9 Å². The second kappa shape index (κ2) is 14.2. The molecule has 0 spiro atoms. The molecule has 5 rings (SSSR count). The Labute approximate surface area is 279 Å². The Hall–Kier alpha value is -4.75. The number of nitrogen functional groups attached to an aromatic ring is 2. The molecule has 2 aliphatic heterocycles. The number of aromatic amines is 1. The number of ether oxygens (including phenoxy) is 4. The number of hydrogen-bond donors (Lipinski definition) is 6. The zero-order valence-electron chi connectivity index (χ0n) is 26.7. The Morgan fingerprint density at radius 1 is 0.960 bits per heavy atom. The van der Waals surface area contributed by atoms with Crippen molar-refractivity contribution in [3.63, 3.8) is 0 Å². The number of rotatable bonds is 10. The van der Waals surface area contributed by atoms with Crippen LogP contribution in [0.25, 0.3) is 11.2 Å². The topological polar surface area (TPSA) is 337 Å². The maximum Gasteiger partial charge on any atom is 0.472 e. The summed E-state index contributed by atoms with van der Waals surface area (Å²) in [5.41, 5.74) is 9.21. The number of aliphatic hydroxyl groups is 2. The second-order valence-electron chi connectivity index (χ2n) is 11.3. The third kappa shape index (κ3) is 7.38. The maximum atomic E-state index is 13.3. The maximum absolute atomic E-state index is 13.3. The number of hydrogen-bond acceptors (Lipinski definition) is 19. The summed E-state index contributed by atoms with van der Waals surface area (Å²) in [6.45, 7) is -1.73. The predicted molar refractivity (Wildman–Crippen MR) is 163 cm³/mol. The fraction of sp³-hybridized carbons (Fsp3) is 0.583. The van der Waals surface area contributed by atoms with E-state index in [1.807, 2.05) is 0 Å². The third-order valence-corrected chi connectivity index (χ3v) is 8.37. The summed E-state index contributed by atoms with van der Waals surface area (Å²) in [4.78, 5) is 80.3. The molecular weight excluding hydrogens is 697 g/mol. The Kier molecular flexibility index (Phi) is 10.4. The van der Waals surface area contributed by atoms with Crippen LogP contribution in [-0.2, 0) is 32.6 Å². The number of nitrogens with zero attached hydrogens (tertiary/aromatic N) is 8. The number of carbonyl (C=O) groups is 2. The van der Waals surface area contributed by atoms with Gasteiger partial charge in [-0.2, -0.15) is 9.97 Å². The van der Waals surface area contributed by atoms with E-state index in [0.717, 1.165) is 27.0 Å². The molecule has 5 heterocycles. The highest BCUT2D eigenvalue weighted by molar-refractivity contribution is 7.47. The second-order valence-corrected chi connectivity index (χ2v) is 12.7. The first-order chi connectivity index (χ1) is 23.5. The Morgan fingerprint density at radius 2 is 1.56 bits per heavy atom. The number of aliphatic hydroxyl groups excluding tert-OH is 2. The van der Waals surface area contributed by atoms with Gasteiger partial charge in [0.2, 0.25) is 11.9 Å². The molecule has 9 atom stereocenters. The van der Waals surface area contributed by atoms with Gasteiger partial charge in [-0.3, -0.25) is 28.0 Å². The van der Waals surface area contributed by atoms with Crippen molar-refractivity contribution in [3.8, 4) is 0 Å². The summed E-state index contributed by atoms with van der Waals surface area (Å²) in [6.07, 6.45) is -12.4. The number of fused-ring (bicyclic) bond motifs is 1. The van der Waals surface area contributed by atoms with Crippen LogP contribution in [-0.4, -0.2) is 149 Å². The summed E-state index contributed by atoms with van der Waals surface area (Å²) in [5, 5.41) is 21.2. The van der Waals surface area contributed by atoms with Gasteiger partial charge in [0.15, 0.2) is 35.8 Å². The lowest BCUT2D eigenvalue weighted by molar-refractivity contribution is -0.0611. The van der Waals surface area contributed by atoms with Crippen LogP contribution >= 0.6 is 7.82 Å². The number of imidazole rings is 1. The van der Waals surface area contributed by atoms with Crippen LogP contribution in [0.2, 0.25) is 0 Å². The number of carbonyl (C=O) groups excluding carboxylic acids is 2. The molecule has 2 aliphatic rings. The lowest BCUT2D eigenvalue weighted by Gasteiger charge is -2.27. The Bertz CT molecular complexity index is 1900. The van der Waals surface area contributed by atoms with Crippen LogP contribution < -0.4 is 22.7 Å². The first-order valence-corrected chi connectivity index (χ1v) is 15.9. The molecule has 0 saturated carbocycles. The number of phosphoric acid groups is 1. The van der Waals surface area contributed by atoms with Gasteiger partial charge >= 0.3 is 25.7 Å². The quantitative estimate of drug-likeness (QED) is 0.111. The molecule has 0 bridgehead atoms. The van der Waals surface area contributed by atoms with Gasteiger partial charge in [-0.05, 0) is 0 Å². The highest BCUT2D eigenvalue weighted by Gasteiger charge is 2.53. The smallest absolute Gasteiger partial charge is 0.438 e. The first kappa shape index (κ1) is 36.5. The van der Waals surface area contributed by atoms with E-state index in [1.165, 1.54) is 32.8 Å². The minimum atomic E-state index is -5.24. The normalized spacial score (nSPS) is 27.6. The molecule has 274 valence electrons. The minimum Gasteiger partial charge on any atom is -0.438 e. The van der Waals surface area contributed by atoms with Crippen molar-refractivity contribution in [2.45, 2.75) is 49.1 Å². The van der Waals surface area contributed by atoms with Gasteiger partial charge in [-0.25, -0.2) is 28.9 Å². The Balaban J connectivity index is 1.38. The molecule has 3 aromatic heterocycles. The average molecular weight is 732 g/mol. The highest BCUT2D eigenvalue weighted by Crippen LogP contribution is 2.50. The molecule has 3 aromatic rings. The van der Waals surface area contributed by atoms with Gasteiger partial charge in [0.1, 0.15) is 30.7 Å². The molecule has 25 nitrogen and oxygen atoms in total. The Morgan fingerprint density at radius 3 is 2.18 bits per heavy atom. The fourth-order valence-electron chi connectivity index (χ4n) is 4.99. The molecule has 0 radical (unpaired) electrons. The predicted octanol–water partition coefficient (Wildman–Crippen LogP) is -3.28. The van der Waals surface area contributed by atoms with Gasteiger partial charge in [0.25, 0.3) is 5.56 Å². The van der Waals surface area contributed by atoms with Crippen LogP contribution in [0, 0.1) is 0 Å². The van der Waals surface area contributed by atoms with Crippen molar-refractivity contribution in [2.24, 2.45) is 0 Å². The summed E-state index contributed by atoms with van der Waals surface area (Å²) < 4.78 is 48.1. The standard InChI is InChI=1S/C24H34N11O14P/c1-32(2)23(40)47-14-12(37)10(46-18(14)34-7-27-11-16(34)29-21(26)30-17(11)38)6-44-50(42,43)49-13-9(5-36)45-19(15(13)48-24(41)33(3)4)35-8-28-20(25)31-22(35)39/h7-10,12-15,18-19,36-37H,5-6H2,1-4H3,(H,42,43)(H2,25,31,39)(H3,26,29,30,38)/t9-,10-,12-,13-,14-,15-,18-,19-/m1/s1. The lowest BCUT2D eigenvalue weighted by atomic mass is 10.1. The van der Waals surface area contributed by atoms with Gasteiger partial charge in [-0.1, -0.05) is 0 Å². The van der Waals surface area contributed by atoms with Crippen LogP contribution in [0.1, 0.15) is 12.5 Å². The lowest BCUT2D eigenvalue weighted by Crippen LogP contribution is -2.42. The van der Waals surface area contributed by atoms with E-state index < -0.39 is 93.6 Å². The van der Waals surface area contributed by atoms with Gasteiger partial charge in [0.05, 0.1) is 19.5 Å². The highest BCUT2D eigenvalue weighted by atomic mass is 31.2. The van der Waals surface area contributed by atoms with E-state index in [4.69, 9.17) is 39.5 Å². The summed E-state index contributed by atoms with van der Waals surface area (Å²) >= 11 is 0. The van der Waals surface area contributed by atoms with Gasteiger partial charge in [-0.15, -0.1) is 0 Å². The van der Waals surface area contributed by atoms with E-state index in [0.29, 0.717) is 0 Å². The van der Waals surface area contributed by atoms with E-state index in [1.54, 1.807) is 0 Å². The molecule has 2 amide bonds. The van der Waals surface area contributed by atoms with Crippen LogP contribution in [0.4, 0.5) is 21.5 Å². The van der Waals surface area contributed by atoms with E-state index in [-0.39, 0.29) is 23.1 Å². The number of nitrogens with one attached hydrogen (secondary N) is 1. The van der Waals surface area contributed by atoms with Gasteiger partial charge in [0, 0.05) is 28.2 Å². The number of amides is 2. The molecular formula is C24H34N11O14P. The largest absolute Gasteiger partial charge is 0.472 e. The van der Waals surface area contributed by atoms with Crippen LogP contribution in [0.5, 0.6) is 0 Å². The molecule has 8 N–H and O–H groups in total. The molecule has 0 aliphatic carbocycles. The molecule has 2 fully saturated rings. The number of H-pyrrole nitrogens is 1. The van der Waals surface area contributed by atoms with Crippen molar-refractivity contribution in [2.75, 3.05) is 52.9 Å². The van der Waals surface area contributed by atoms with Crippen molar-refractivity contribution in [1.82, 2.24) is 43.9 Å². The molecule has 26 heteroatoms.